The SMILES string of the molecule is Cc1csc(=O)n1CCC(=O)N1CCNC(=O)C1. The zero-order valence-electron chi connectivity index (χ0n) is 10.1. The van der Waals surface area contributed by atoms with E-state index in [9.17, 15) is 14.4 Å². The van der Waals surface area contributed by atoms with Gasteiger partial charge in [-0.05, 0) is 6.92 Å². The first-order valence-corrected chi connectivity index (χ1v) is 6.65. The van der Waals surface area contributed by atoms with Gasteiger partial charge in [0.2, 0.25) is 11.8 Å². The number of amides is 2. The summed E-state index contributed by atoms with van der Waals surface area (Å²) in [6.45, 7) is 3.39. The van der Waals surface area contributed by atoms with Crippen LogP contribution in [-0.4, -0.2) is 40.9 Å². The summed E-state index contributed by atoms with van der Waals surface area (Å²) < 4.78 is 1.59. The van der Waals surface area contributed by atoms with Crippen molar-refractivity contribution in [2.75, 3.05) is 19.6 Å². The average molecular weight is 269 g/mol. The molecule has 1 aromatic rings. The van der Waals surface area contributed by atoms with Crippen LogP contribution in [0.25, 0.3) is 0 Å². The lowest BCUT2D eigenvalue weighted by Crippen LogP contribution is -2.50. The maximum absolute atomic E-state index is 11.9. The number of piperazine rings is 1. The monoisotopic (exact) mass is 269 g/mol. The highest BCUT2D eigenvalue weighted by Gasteiger charge is 2.20. The Morgan fingerprint density at radius 2 is 2.28 bits per heavy atom. The van der Waals surface area contributed by atoms with Crippen molar-refractivity contribution < 1.29 is 9.59 Å². The summed E-state index contributed by atoms with van der Waals surface area (Å²) in [6, 6.07) is 0. The van der Waals surface area contributed by atoms with E-state index in [0.29, 0.717) is 19.6 Å². The fraction of sp³-hybridized carbons (Fsp3) is 0.545. The van der Waals surface area contributed by atoms with Gasteiger partial charge in [0, 0.05) is 37.1 Å². The van der Waals surface area contributed by atoms with Gasteiger partial charge >= 0.3 is 4.87 Å². The van der Waals surface area contributed by atoms with E-state index in [-0.39, 0.29) is 29.7 Å². The Kier molecular flexibility index (Phi) is 3.81. The minimum Gasteiger partial charge on any atom is -0.353 e. The molecule has 1 aliphatic rings. The first-order chi connectivity index (χ1) is 8.58. The van der Waals surface area contributed by atoms with E-state index in [1.54, 1.807) is 9.95 Å². The molecule has 0 bridgehead atoms. The number of hydrogen-bond donors (Lipinski definition) is 1. The Hall–Kier alpha value is -1.63. The van der Waals surface area contributed by atoms with Gasteiger partial charge in [0.15, 0.2) is 0 Å². The van der Waals surface area contributed by atoms with Crippen molar-refractivity contribution >= 4 is 23.2 Å². The molecule has 2 amide bonds. The number of nitrogens with one attached hydrogen (secondary N) is 1. The molecule has 0 aromatic carbocycles. The summed E-state index contributed by atoms with van der Waals surface area (Å²) in [7, 11) is 0. The topological polar surface area (TPSA) is 71.4 Å². The van der Waals surface area contributed by atoms with Crippen LogP contribution in [0.3, 0.4) is 0 Å². The fourth-order valence-corrected chi connectivity index (χ4v) is 2.65. The number of carbonyl (C=O) groups is 2. The summed E-state index contributed by atoms with van der Waals surface area (Å²) in [6.07, 6.45) is 0.255. The summed E-state index contributed by atoms with van der Waals surface area (Å²) in [4.78, 5) is 36.0. The molecule has 0 unspecified atom stereocenters. The number of carbonyl (C=O) groups excluding carboxylic acids is 2. The third kappa shape index (κ3) is 2.79. The first kappa shape index (κ1) is 12.8. The highest BCUT2D eigenvalue weighted by Crippen LogP contribution is 2.03. The minimum absolute atomic E-state index is 0.0447. The lowest BCUT2D eigenvalue weighted by Gasteiger charge is -2.26. The van der Waals surface area contributed by atoms with E-state index in [4.69, 9.17) is 0 Å². The van der Waals surface area contributed by atoms with Crippen molar-refractivity contribution in [3.8, 4) is 0 Å². The third-order valence-electron chi connectivity index (χ3n) is 2.92. The van der Waals surface area contributed by atoms with Crippen LogP contribution in [0.2, 0.25) is 0 Å². The van der Waals surface area contributed by atoms with E-state index in [1.807, 2.05) is 6.92 Å². The normalized spacial score (nSPS) is 15.6. The molecular formula is C11H15N3O3S. The van der Waals surface area contributed by atoms with Crippen molar-refractivity contribution in [1.82, 2.24) is 14.8 Å². The lowest BCUT2D eigenvalue weighted by molar-refractivity contribution is -0.138. The van der Waals surface area contributed by atoms with Gasteiger partial charge in [0.1, 0.15) is 0 Å². The molecule has 0 spiro atoms. The van der Waals surface area contributed by atoms with Gasteiger partial charge in [-0.15, -0.1) is 0 Å². The highest BCUT2D eigenvalue weighted by molar-refractivity contribution is 7.07. The Bertz CT molecular complexity index is 520. The van der Waals surface area contributed by atoms with Gasteiger partial charge in [0.25, 0.3) is 0 Å². The Morgan fingerprint density at radius 1 is 1.50 bits per heavy atom. The van der Waals surface area contributed by atoms with Crippen LogP contribution < -0.4 is 10.2 Å². The molecule has 98 valence electrons. The number of hydrogen-bond acceptors (Lipinski definition) is 4. The van der Waals surface area contributed by atoms with Crippen molar-refractivity contribution in [3.05, 3.63) is 20.7 Å². The average Bonchev–Trinajstić information content (AvgIpc) is 2.66. The van der Waals surface area contributed by atoms with E-state index < -0.39 is 0 Å². The molecule has 1 N–H and O–H groups in total. The van der Waals surface area contributed by atoms with Gasteiger partial charge in [-0.3, -0.25) is 14.4 Å². The zero-order chi connectivity index (χ0) is 13.1. The molecule has 18 heavy (non-hydrogen) atoms. The van der Waals surface area contributed by atoms with Crippen molar-refractivity contribution in [3.63, 3.8) is 0 Å². The lowest BCUT2D eigenvalue weighted by atomic mass is 10.3. The Balaban J connectivity index is 1.92. The fourth-order valence-electron chi connectivity index (χ4n) is 1.89. The molecule has 7 heteroatoms. The number of thiazole rings is 1. The van der Waals surface area contributed by atoms with Gasteiger partial charge in [-0.1, -0.05) is 11.3 Å². The van der Waals surface area contributed by atoms with Crippen LogP contribution in [0.4, 0.5) is 0 Å². The molecule has 0 aliphatic carbocycles. The van der Waals surface area contributed by atoms with Crippen LogP contribution in [0.15, 0.2) is 10.2 Å². The second-order valence-electron chi connectivity index (χ2n) is 4.21. The van der Waals surface area contributed by atoms with Gasteiger partial charge in [-0.25, -0.2) is 0 Å². The van der Waals surface area contributed by atoms with Crippen molar-refractivity contribution in [1.29, 1.82) is 0 Å². The van der Waals surface area contributed by atoms with Crippen LogP contribution in [0.5, 0.6) is 0 Å². The van der Waals surface area contributed by atoms with Crippen LogP contribution in [-0.2, 0) is 16.1 Å². The van der Waals surface area contributed by atoms with E-state index in [2.05, 4.69) is 5.32 Å². The number of aromatic nitrogens is 1. The van der Waals surface area contributed by atoms with Gasteiger partial charge < -0.3 is 14.8 Å². The highest BCUT2D eigenvalue weighted by atomic mass is 32.1. The second kappa shape index (κ2) is 5.34. The molecule has 1 aliphatic heterocycles. The van der Waals surface area contributed by atoms with E-state index in [0.717, 1.165) is 17.0 Å². The molecule has 0 atom stereocenters. The van der Waals surface area contributed by atoms with Crippen LogP contribution >= 0.6 is 11.3 Å². The summed E-state index contributed by atoms with van der Waals surface area (Å²) in [5.74, 6) is -0.208. The van der Waals surface area contributed by atoms with Crippen LogP contribution in [0, 0.1) is 6.92 Å². The molecule has 2 rings (SSSR count). The smallest absolute Gasteiger partial charge is 0.307 e. The summed E-state index contributed by atoms with van der Waals surface area (Å²) in [5.41, 5.74) is 0.870. The molecule has 0 saturated carbocycles. The van der Waals surface area contributed by atoms with E-state index in [1.165, 1.54) is 4.90 Å². The summed E-state index contributed by atoms with van der Waals surface area (Å²) >= 11 is 1.14. The number of nitrogens with zero attached hydrogens (tertiary/aromatic N) is 2. The second-order valence-corrected chi connectivity index (χ2v) is 5.03. The quantitative estimate of drug-likeness (QED) is 0.809. The molecular weight excluding hydrogens is 254 g/mol. The predicted molar refractivity (Wildman–Crippen MR) is 67.5 cm³/mol. The van der Waals surface area contributed by atoms with Gasteiger partial charge in [0.05, 0.1) is 6.54 Å². The third-order valence-corrected chi connectivity index (χ3v) is 3.80. The Labute approximate surface area is 108 Å². The Morgan fingerprint density at radius 3 is 2.89 bits per heavy atom. The molecule has 6 nitrogen and oxygen atoms in total. The summed E-state index contributed by atoms with van der Waals surface area (Å²) in [5, 5.41) is 4.45. The standard InChI is InChI=1S/C11H15N3O3S/c1-8-7-18-11(17)14(8)4-2-10(16)13-5-3-12-9(15)6-13/h7H,2-6H2,1H3,(H,12,15). The largest absolute Gasteiger partial charge is 0.353 e. The molecule has 1 fully saturated rings. The maximum Gasteiger partial charge on any atom is 0.307 e. The van der Waals surface area contributed by atoms with Gasteiger partial charge in [-0.2, -0.15) is 0 Å². The van der Waals surface area contributed by atoms with E-state index >= 15 is 0 Å². The molecule has 1 aromatic heterocycles. The minimum atomic E-state index is -0.126. The number of aryl methyl sites for hydroxylation is 1. The van der Waals surface area contributed by atoms with Crippen molar-refractivity contribution in [2.24, 2.45) is 0 Å². The molecule has 0 radical (unpaired) electrons. The molecule has 1 saturated heterocycles. The number of rotatable bonds is 3. The predicted octanol–water partition coefficient (Wildman–Crippen LogP) is -0.433. The van der Waals surface area contributed by atoms with Crippen molar-refractivity contribution in [2.45, 2.75) is 19.9 Å². The first-order valence-electron chi connectivity index (χ1n) is 5.77. The maximum atomic E-state index is 11.9. The van der Waals surface area contributed by atoms with Crippen LogP contribution in [0.1, 0.15) is 12.1 Å². The zero-order valence-corrected chi connectivity index (χ0v) is 11.0. The molecule has 2 heterocycles.